The first kappa shape index (κ1) is 14.4. The molecule has 0 radical (unpaired) electrons. The number of phenolic OH excluding ortho intramolecular Hbond substituents is 1. The van der Waals surface area contributed by atoms with Gasteiger partial charge in [-0.25, -0.2) is 0 Å². The van der Waals surface area contributed by atoms with Crippen molar-refractivity contribution in [2.45, 2.75) is 45.2 Å². The first-order valence-electron chi connectivity index (χ1n) is 7.27. The molecule has 0 amide bonds. The van der Waals surface area contributed by atoms with E-state index in [1.165, 1.54) is 18.4 Å². The molecule has 1 fully saturated rings. The number of phenols is 1. The third kappa shape index (κ3) is 4.51. The van der Waals surface area contributed by atoms with Crippen LogP contribution in [0, 0.1) is 5.92 Å². The Morgan fingerprint density at radius 1 is 1.21 bits per heavy atom. The van der Waals surface area contributed by atoms with Crippen molar-refractivity contribution in [1.29, 1.82) is 0 Å². The Morgan fingerprint density at radius 2 is 1.84 bits per heavy atom. The number of benzene rings is 1. The van der Waals surface area contributed by atoms with Crippen molar-refractivity contribution in [2.75, 3.05) is 13.2 Å². The molecule has 0 spiro atoms. The van der Waals surface area contributed by atoms with Gasteiger partial charge in [-0.15, -0.1) is 0 Å². The summed E-state index contributed by atoms with van der Waals surface area (Å²) in [5.41, 5.74) is 1.26. The molecule has 0 aliphatic carbocycles. The summed E-state index contributed by atoms with van der Waals surface area (Å²) < 4.78 is 5.41. The lowest BCUT2D eigenvalue weighted by Crippen LogP contribution is -2.42. The Balaban J connectivity index is 1.79. The molecule has 1 aromatic carbocycles. The summed E-state index contributed by atoms with van der Waals surface area (Å²) in [6.07, 6.45) is 3.33. The van der Waals surface area contributed by atoms with Gasteiger partial charge in [-0.05, 0) is 56.7 Å². The third-order valence-corrected chi connectivity index (χ3v) is 4.00. The van der Waals surface area contributed by atoms with Crippen molar-refractivity contribution in [3.63, 3.8) is 0 Å². The van der Waals surface area contributed by atoms with E-state index in [9.17, 15) is 5.11 Å². The highest BCUT2D eigenvalue weighted by Gasteiger charge is 2.21. The van der Waals surface area contributed by atoms with Crippen LogP contribution in [0.25, 0.3) is 0 Å². The molecule has 19 heavy (non-hydrogen) atoms. The molecule has 3 nitrogen and oxygen atoms in total. The van der Waals surface area contributed by atoms with Crippen molar-refractivity contribution in [2.24, 2.45) is 5.92 Å². The van der Waals surface area contributed by atoms with Crippen molar-refractivity contribution < 1.29 is 9.84 Å². The molecule has 3 heteroatoms. The van der Waals surface area contributed by atoms with Crippen LogP contribution in [-0.4, -0.2) is 30.4 Å². The molecule has 1 aliphatic heterocycles. The minimum Gasteiger partial charge on any atom is -0.508 e. The van der Waals surface area contributed by atoms with Crippen LogP contribution in [0.4, 0.5) is 0 Å². The van der Waals surface area contributed by atoms with Crippen molar-refractivity contribution >= 4 is 0 Å². The Morgan fingerprint density at radius 3 is 2.47 bits per heavy atom. The van der Waals surface area contributed by atoms with E-state index in [1.807, 2.05) is 12.1 Å². The van der Waals surface area contributed by atoms with E-state index < -0.39 is 0 Å². The standard InChI is InChI=1S/C16H25NO2/c1-12(11-14-3-5-16(18)6-4-14)17-13(2)15-7-9-19-10-8-15/h3-6,12-13,15,17-18H,7-11H2,1-2H3. The fourth-order valence-electron chi connectivity index (χ4n) is 2.85. The highest BCUT2D eigenvalue weighted by molar-refractivity contribution is 5.26. The van der Waals surface area contributed by atoms with Crippen LogP contribution >= 0.6 is 0 Å². The van der Waals surface area contributed by atoms with Crippen LogP contribution in [0.3, 0.4) is 0 Å². The molecule has 1 heterocycles. The number of aromatic hydroxyl groups is 1. The Hall–Kier alpha value is -1.06. The van der Waals surface area contributed by atoms with Gasteiger partial charge in [0.05, 0.1) is 0 Å². The summed E-state index contributed by atoms with van der Waals surface area (Å²) in [5.74, 6) is 1.07. The van der Waals surface area contributed by atoms with Crippen molar-refractivity contribution in [3.8, 4) is 5.75 Å². The quantitative estimate of drug-likeness (QED) is 0.858. The number of hydrogen-bond donors (Lipinski definition) is 2. The summed E-state index contributed by atoms with van der Waals surface area (Å²) in [7, 11) is 0. The second kappa shape index (κ2) is 6.92. The zero-order chi connectivity index (χ0) is 13.7. The maximum absolute atomic E-state index is 9.28. The molecule has 2 atom stereocenters. The first-order chi connectivity index (χ1) is 9.15. The smallest absolute Gasteiger partial charge is 0.115 e. The van der Waals surface area contributed by atoms with E-state index in [0.29, 0.717) is 17.8 Å². The summed E-state index contributed by atoms with van der Waals surface area (Å²) in [4.78, 5) is 0. The largest absolute Gasteiger partial charge is 0.508 e. The van der Waals surface area contributed by atoms with Gasteiger partial charge in [0.2, 0.25) is 0 Å². The molecule has 106 valence electrons. The minimum atomic E-state index is 0.333. The zero-order valence-corrected chi connectivity index (χ0v) is 11.9. The normalized spacial score (nSPS) is 20.1. The van der Waals surface area contributed by atoms with E-state index in [1.54, 1.807) is 12.1 Å². The predicted octanol–water partition coefficient (Wildman–Crippen LogP) is 2.73. The van der Waals surface area contributed by atoms with E-state index in [4.69, 9.17) is 4.74 Å². The molecule has 0 aromatic heterocycles. The summed E-state index contributed by atoms with van der Waals surface area (Å²) in [5, 5.41) is 13.0. The molecule has 1 saturated heterocycles. The molecule has 2 unspecified atom stereocenters. The van der Waals surface area contributed by atoms with Crippen LogP contribution in [0.5, 0.6) is 5.75 Å². The van der Waals surface area contributed by atoms with E-state index in [-0.39, 0.29) is 0 Å². The zero-order valence-electron chi connectivity index (χ0n) is 11.9. The lowest BCUT2D eigenvalue weighted by atomic mass is 9.92. The van der Waals surface area contributed by atoms with Crippen LogP contribution < -0.4 is 5.32 Å². The number of nitrogens with one attached hydrogen (secondary N) is 1. The Bertz CT molecular complexity index is 371. The second-order valence-corrected chi connectivity index (χ2v) is 5.68. The number of ether oxygens (including phenoxy) is 1. The fourth-order valence-corrected chi connectivity index (χ4v) is 2.85. The average molecular weight is 263 g/mol. The lowest BCUT2D eigenvalue weighted by Gasteiger charge is -2.30. The van der Waals surface area contributed by atoms with Crippen molar-refractivity contribution in [1.82, 2.24) is 5.32 Å². The van der Waals surface area contributed by atoms with Gasteiger partial charge in [-0.1, -0.05) is 12.1 Å². The molecule has 1 aliphatic rings. The molecular formula is C16H25NO2. The minimum absolute atomic E-state index is 0.333. The Labute approximate surface area is 116 Å². The summed E-state index contributed by atoms with van der Waals surface area (Å²) in [6, 6.07) is 8.48. The van der Waals surface area contributed by atoms with Gasteiger partial charge in [-0.2, -0.15) is 0 Å². The molecule has 2 rings (SSSR count). The average Bonchev–Trinajstić information content (AvgIpc) is 2.42. The van der Waals surface area contributed by atoms with E-state index >= 15 is 0 Å². The van der Waals surface area contributed by atoms with Gasteiger partial charge < -0.3 is 15.2 Å². The molecule has 0 saturated carbocycles. The first-order valence-corrected chi connectivity index (χ1v) is 7.27. The highest BCUT2D eigenvalue weighted by Crippen LogP contribution is 2.19. The number of rotatable bonds is 5. The van der Waals surface area contributed by atoms with E-state index in [2.05, 4.69) is 19.2 Å². The van der Waals surface area contributed by atoms with Gasteiger partial charge in [0.1, 0.15) is 5.75 Å². The number of hydrogen-bond acceptors (Lipinski definition) is 3. The van der Waals surface area contributed by atoms with Gasteiger partial charge in [-0.3, -0.25) is 0 Å². The molecule has 0 bridgehead atoms. The van der Waals surface area contributed by atoms with Gasteiger partial charge in [0.15, 0.2) is 0 Å². The third-order valence-electron chi connectivity index (χ3n) is 4.00. The molecule has 1 aromatic rings. The van der Waals surface area contributed by atoms with E-state index in [0.717, 1.165) is 25.6 Å². The second-order valence-electron chi connectivity index (χ2n) is 5.68. The summed E-state index contributed by atoms with van der Waals surface area (Å²) >= 11 is 0. The molecular weight excluding hydrogens is 238 g/mol. The topological polar surface area (TPSA) is 41.5 Å². The summed E-state index contributed by atoms with van der Waals surface area (Å²) in [6.45, 7) is 6.32. The van der Waals surface area contributed by atoms with Gasteiger partial charge in [0.25, 0.3) is 0 Å². The van der Waals surface area contributed by atoms with Gasteiger partial charge >= 0.3 is 0 Å². The highest BCUT2D eigenvalue weighted by atomic mass is 16.5. The van der Waals surface area contributed by atoms with Crippen LogP contribution in [0.15, 0.2) is 24.3 Å². The molecule has 2 N–H and O–H groups in total. The maximum Gasteiger partial charge on any atom is 0.115 e. The van der Waals surface area contributed by atoms with Crippen LogP contribution in [0.1, 0.15) is 32.3 Å². The predicted molar refractivity (Wildman–Crippen MR) is 77.4 cm³/mol. The SMILES string of the molecule is CC(Cc1ccc(O)cc1)NC(C)C1CCOCC1. The Kier molecular flexibility index (Phi) is 5.23. The fraction of sp³-hybridized carbons (Fsp3) is 0.625. The lowest BCUT2D eigenvalue weighted by molar-refractivity contribution is 0.0547. The van der Waals surface area contributed by atoms with Gasteiger partial charge in [0, 0.05) is 25.3 Å². The maximum atomic E-state index is 9.28. The van der Waals surface area contributed by atoms with Crippen LogP contribution in [0.2, 0.25) is 0 Å². The monoisotopic (exact) mass is 263 g/mol. The van der Waals surface area contributed by atoms with Crippen LogP contribution in [-0.2, 0) is 11.2 Å². The van der Waals surface area contributed by atoms with Crippen molar-refractivity contribution in [3.05, 3.63) is 29.8 Å².